The lowest BCUT2D eigenvalue weighted by Crippen LogP contribution is -2.07. The molecule has 1 aromatic carbocycles. The summed E-state index contributed by atoms with van der Waals surface area (Å²) < 4.78 is 16.0. The Kier molecular flexibility index (Phi) is 5.05. The Morgan fingerprint density at radius 2 is 2.38 bits per heavy atom. The highest BCUT2D eigenvalue weighted by Crippen LogP contribution is 2.32. The number of allylic oxidation sites excluding steroid dienone is 1. The predicted octanol–water partition coefficient (Wildman–Crippen LogP) is 4.25. The van der Waals surface area contributed by atoms with Gasteiger partial charge in [-0.1, -0.05) is 17.8 Å². The van der Waals surface area contributed by atoms with E-state index >= 15 is 0 Å². The van der Waals surface area contributed by atoms with Crippen LogP contribution in [0.25, 0.3) is 11.0 Å². The number of halogens is 2. The zero-order valence-corrected chi connectivity index (χ0v) is 13.7. The molecule has 0 radical (unpaired) electrons. The Hall–Kier alpha value is -1.34. The monoisotopic (exact) mass is 372 g/mol. The summed E-state index contributed by atoms with van der Waals surface area (Å²) in [5, 5.41) is 9.40. The fourth-order valence-electron chi connectivity index (χ4n) is 2.07. The zero-order chi connectivity index (χ0) is 15.6. The predicted molar refractivity (Wildman–Crippen MR) is 85.3 cm³/mol. The number of carboxylic acid groups (broad SMARTS) is 1. The Labute approximate surface area is 134 Å². The Morgan fingerprint density at radius 3 is 3.00 bits per heavy atom. The number of rotatable bonds is 6. The molecule has 0 aliphatic carbocycles. The zero-order valence-electron chi connectivity index (χ0n) is 11.3. The van der Waals surface area contributed by atoms with Crippen molar-refractivity contribution in [2.45, 2.75) is 24.5 Å². The number of carboxylic acids is 1. The van der Waals surface area contributed by atoms with Crippen LogP contribution in [0.15, 0.2) is 34.4 Å². The lowest BCUT2D eigenvalue weighted by molar-refractivity contribution is -0.133. The Morgan fingerprint density at radius 1 is 1.67 bits per heavy atom. The summed E-state index contributed by atoms with van der Waals surface area (Å²) in [5.74, 6) is -1.38. The van der Waals surface area contributed by atoms with Crippen molar-refractivity contribution in [3.8, 4) is 0 Å². The third-order valence-electron chi connectivity index (χ3n) is 2.97. The summed E-state index contributed by atoms with van der Waals surface area (Å²) >= 11 is 4.27. The van der Waals surface area contributed by atoms with Gasteiger partial charge in [-0.25, -0.2) is 9.37 Å². The van der Waals surface area contributed by atoms with Crippen molar-refractivity contribution >= 4 is 44.7 Å². The molecule has 0 bridgehead atoms. The van der Waals surface area contributed by atoms with Crippen LogP contribution in [0.5, 0.6) is 0 Å². The van der Waals surface area contributed by atoms with Crippen molar-refractivity contribution in [2.24, 2.45) is 0 Å². The molecular weight excluding hydrogens is 359 g/mol. The van der Waals surface area contributed by atoms with Crippen molar-refractivity contribution in [1.29, 1.82) is 0 Å². The molecule has 0 saturated heterocycles. The number of imidazole rings is 1. The van der Waals surface area contributed by atoms with Gasteiger partial charge >= 0.3 is 5.97 Å². The molecule has 0 saturated carbocycles. The van der Waals surface area contributed by atoms with Gasteiger partial charge in [0.2, 0.25) is 0 Å². The van der Waals surface area contributed by atoms with Gasteiger partial charge in [-0.05, 0) is 35.3 Å². The van der Waals surface area contributed by atoms with Gasteiger partial charge in [-0.15, -0.1) is 6.58 Å². The van der Waals surface area contributed by atoms with Gasteiger partial charge < -0.3 is 9.67 Å². The number of hydrogen-bond acceptors (Lipinski definition) is 3. The van der Waals surface area contributed by atoms with Crippen LogP contribution in [-0.4, -0.2) is 26.4 Å². The van der Waals surface area contributed by atoms with E-state index in [4.69, 9.17) is 5.11 Å². The molecule has 0 fully saturated rings. The van der Waals surface area contributed by atoms with Gasteiger partial charge in [-0.2, -0.15) is 0 Å². The lowest BCUT2D eigenvalue weighted by Gasteiger charge is -2.15. The average Bonchev–Trinajstić information content (AvgIpc) is 2.75. The summed E-state index contributed by atoms with van der Waals surface area (Å²) in [7, 11) is 0. The number of carbonyl (C=O) groups is 1. The fourth-order valence-corrected chi connectivity index (χ4v) is 3.23. The van der Waals surface area contributed by atoms with Crippen LogP contribution in [0, 0.1) is 5.82 Å². The minimum Gasteiger partial charge on any atom is -0.481 e. The van der Waals surface area contributed by atoms with E-state index in [-0.39, 0.29) is 17.6 Å². The number of aromatic nitrogens is 2. The second kappa shape index (κ2) is 6.62. The molecule has 21 heavy (non-hydrogen) atoms. The third-order valence-corrected chi connectivity index (χ3v) is 4.52. The minimum atomic E-state index is -0.914. The normalized spacial score (nSPS) is 12.5. The van der Waals surface area contributed by atoms with Crippen molar-refractivity contribution in [3.05, 3.63) is 35.1 Å². The van der Waals surface area contributed by atoms with E-state index in [0.29, 0.717) is 27.1 Å². The van der Waals surface area contributed by atoms with E-state index in [9.17, 15) is 9.18 Å². The first kappa shape index (κ1) is 16.0. The van der Waals surface area contributed by atoms with E-state index in [1.807, 2.05) is 11.5 Å². The molecule has 0 aliphatic rings. The average molecular weight is 373 g/mol. The van der Waals surface area contributed by atoms with Crippen LogP contribution in [0.1, 0.15) is 19.4 Å². The van der Waals surface area contributed by atoms with Gasteiger partial charge in [-0.3, -0.25) is 4.79 Å². The summed E-state index contributed by atoms with van der Waals surface area (Å²) in [6.45, 7) is 5.68. The maximum absolute atomic E-state index is 13.8. The molecule has 1 N–H and O–H groups in total. The smallest absolute Gasteiger partial charge is 0.313 e. The SMILES string of the molecule is C=CCC(C)n1c(SCC(=O)O)nc2cc(Br)c(F)cc21. The fraction of sp³-hybridized carbons (Fsp3) is 0.286. The maximum atomic E-state index is 13.8. The molecule has 0 aliphatic heterocycles. The molecule has 4 nitrogen and oxygen atoms in total. The molecule has 2 rings (SSSR count). The van der Waals surface area contributed by atoms with E-state index in [0.717, 1.165) is 11.8 Å². The topological polar surface area (TPSA) is 55.1 Å². The molecule has 1 atom stereocenters. The Balaban J connectivity index is 2.56. The van der Waals surface area contributed by atoms with Crippen molar-refractivity contribution in [2.75, 3.05) is 5.75 Å². The molecule has 1 aromatic heterocycles. The first-order valence-corrected chi connectivity index (χ1v) is 8.04. The molecule has 2 aromatic rings. The van der Waals surface area contributed by atoms with Gasteiger partial charge in [0.25, 0.3) is 0 Å². The van der Waals surface area contributed by atoms with Gasteiger partial charge in [0.1, 0.15) is 5.82 Å². The van der Waals surface area contributed by atoms with E-state index < -0.39 is 5.97 Å². The van der Waals surface area contributed by atoms with Crippen LogP contribution in [0.3, 0.4) is 0 Å². The molecule has 1 unspecified atom stereocenters. The largest absolute Gasteiger partial charge is 0.481 e. The summed E-state index contributed by atoms with van der Waals surface area (Å²) in [5.41, 5.74) is 1.28. The van der Waals surface area contributed by atoms with Crippen molar-refractivity contribution in [3.63, 3.8) is 0 Å². The van der Waals surface area contributed by atoms with E-state index in [1.54, 1.807) is 12.1 Å². The number of hydrogen-bond donors (Lipinski definition) is 1. The van der Waals surface area contributed by atoms with Crippen LogP contribution >= 0.6 is 27.7 Å². The summed E-state index contributed by atoms with van der Waals surface area (Å²) in [4.78, 5) is 15.2. The number of fused-ring (bicyclic) bond motifs is 1. The second-order valence-electron chi connectivity index (χ2n) is 4.58. The lowest BCUT2D eigenvalue weighted by atomic mass is 10.2. The number of nitrogens with zero attached hydrogens (tertiary/aromatic N) is 2. The number of benzene rings is 1. The molecule has 112 valence electrons. The number of thioether (sulfide) groups is 1. The highest BCUT2D eigenvalue weighted by molar-refractivity contribution is 9.10. The van der Waals surface area contributed by atoms with Crippen molar-refractivity contribution < 1.29 is 14.3 Å². The molecule has 0 amide bonds. The van der Waals surface area contributed by atoms with E-state index in [1.165, 1.54) is 6.07 Å². The number of aliphatic carboxylic acids is 1. The molecular formula is C14H14BrFN2O2S. The van der Waals surface area contributed by atoms with Crippen LogP contribution < -0.4 is 0 Å². The molecule has 1 heterocycles. The standard InChI is InChI=1S/C14H14BrFN2O2S/c1-3-4-8(2)18-12-6-10(16)9(15)5-11(12)17-14(18)21-7-13(19)20/h3,5-6,8H,1,4,7H2,2H3,(H,19,20). The first-order chi connectivity index (χ1) is 9.93. The Bertz CT molecular complexity index is 702. The highest BCUT2D eigenvalue weighted by Gasteiger charge is 2.18. The first-order valence-electron chi connectivity index (χ1n) is 6.26. The van der Waals surface area contributed by atoms with Crippen LogP contribution in [0.2, 0.25) is 0 Å². The maximum Gasteiger partial charge on any atom is 0.313 e. The van der Waals surface area contributed by atoms with E-state index in [2.05, 4.69) is 27.5 Å². The van der Waals surface area contributed by atoms with Gasteiger partial charge in [0.05, 0.1) is 21.3 Å². The third kappa shape index (κ3) is 3.47. The van der Waals surface area contributed by atoms with Gasteiger partial charge in [0.15, 0.2) is 5.16 Å². The van der Waals surface area contributed by atoms with Crippen molar-refractivity contribution in [1.82, 2.24) is 9.55 Å². The second-order valence-corrected chi connectivity index (χ2v) is 6.37. The molecule has 7 heteroatoms. The highest BCUT2D eigenvalue weighted by atomic mass is 79.9. The van der Waals surface area contributed by atoms with Gasteiger partial charge in [0, 0.05) is 12.1 Å². The summed E-state index contributed by atoms with van der Waals surface area (Å²) in [6, 6.07) is 3.04. The van der Waals surface area contributed by atoms with Crippen LogP contribution in [0.4, 0.5) is 4.39 Å². The van der Waals surface area contributed by atoms with Crippen LogP contribution in [-0.2, 0) is 4.79 Å². The summed E-state index contributed by atoms with van der Waals surface area (Å²) in [6.07, 6.45) is 2.46. The minimum absolute atomic E-state index is 0.0179. The molecule has 0 spiro atoms. The quantitative estimate of drug-likeness (QED) is 0.608.